The highest BCUT2D eigenvalue weighted by atomic mass is 15.1. The van der Waals surface area contributed by atoms with E-state index in [0.29, 0.717) is 11.8 Å². The average molecular weight is 371 g/mol. The van der Waals surface area contributed by atoms with Gasteiger partial charge in [-0.05, 0) is 117 Å². The van der Waals surface area contributed by atoms with Gasteiger partial charge in [0.1, 0.15) is 0 Å². The van der Waals surface area contributed by atoms with Crippen molar-refractivity contribution in [3.05, 3.63) is 34.9 Å². The highest BCUT2D eigenvalue weighted by molar-refractivity contribution is 5.37. The molecule has 0 unspecified atom stereocenters. The molecular formula is C25H42N2. The fraction of sp³-hybridized carbons (Fsp3) is 0.760. The van der Waals surface area contributed by atoms with Crippen LogP contribution in [0.1, 0.15) is 110 Å². The topological polar surface area (TPSA) is 24.1 Å². The molecule has 2 heteroatoms. The number of hydrogen-bond acceptors (Lipinski definition) is 2. The van der Waals surface area contributed by atoms with E-state index in [0.717, 1.165) is 0 Å². The molecule has 2 heterocycles. The van der Waals surface area contributed by atoms with E-state index < -0.39 is 0 Å². The lowest BCUT2D eigenvalue weighted by Gasteiger charge is -2.48. The van der Waals surface area contributed by atoms with E-state index in [1.54, 1.807) is 11.1 Å². The first-order chi connectivity index (χ1) is 12.2. The lowest BCUT2D eigenvalue weighted by atomic mass is 9.70. The summed E-state index contributed by atoms with van der Waals surface area (Å²) in [5.41, 5.74) is 5.36. The Hall–Kier alpha value is -0.860. The molecular weight excluding hydrogens is 328 g/mol. The molecule has 0 atom stereocenters. The van der Waals surface area contributed by atoms with Gasteiger partial charge in [-0.1, -0.05) is 18.2 Å². The molecule has 3 rings (SSSR count). The molecule has 2 nitrogen and oxygen atoms in total. The Balaban J connectivity index is 1.93. The summed E-state index contributed by atoms with van der Waals surface area (Å²) in [4.78, 5) is 0. The molecule has 0 aromatic heterocycles. The highest BCUT2D eigenvalue weighted by Crippen LogP contribution is 2.43. The first-order valence-corrected chi connectivity index (χ1v) is 10.9. The van der Waals surface area contributed by atoms with Crippen LogP contribution in [0.25, 0.3) is 0 Å². The zero-order valence-corrected chi connectivity index (χ0v) is 19.2. The van der Waals surface area contributed by atoms with E-state index >= 15 is 0 Å². The minimum absolute atomic E-state index is 0.188. The fourth-order valence-electron chi connectivity index (χ4n) is 6.45. The van der Waals surface area contributed by atoms with Crippen LogP contribution in [0.15, 0.2) is 18.2 Å². The summed E-state index contributed by atoms with van der Waals surface area (Å²) in [5, 5.41) is 7.68. The van der Waals surface area contributed by atoms with E-state index in [9.17, 15) is 0 Å². The third kappa shape index (κ3) is 4.95. The van der Waals surface area contributed by atoms with Gasteiger partial charge >= 0.3 is 0 Å². The summed E-state index contributed by atoms with van der Waals surface area (Å²) in [6, 6.07) is 7.35. The second-order valence-corrected chi connectivity index (χ2v) is 12.1. The van der Waals surface area contributed by atoms with Crippen molar-refractivity contribution in [2.24, 2.45) is 0 Å². The molecule has 27 heavy (non-hydrogen) atoms. The Bertz CT molecular complexity index is 664. The predicted octanol–water partition coefficient (Wildman–Crippen LogP) is 6.04. The van der Waals surface area contributed by atoms with Crippen LogP contribution < -0.4 is 10.6 Å². The van der Waals surface area contributed by atoms with Gasteiger partial charge in [0, 0.05) is 22.2 Å². The van der Waals surface area contributed by atoms with Crippen LogP contribution in [0.4, 0.5) is 0 Å². The maximum absolute atomic E-state index is 3.84. The van der Waals surface area contributed by atoms with Crippen molar-refractivity contribution in [2.45, 2.75) is 122 Å². The Morgan fingerprint density at radius 1 is 0.667 bits per heavy atom. The minimum Gasteiger partial charge on any atom is -0.307 e. The van der Waals surface area contributed by atoms with Gasteiger partial charge in [0.05, 0.1) is 0 Å². The predicted molar refractivity (Wildman–Crippen MR) is 118 cm³/mol. The van der Waals surface area contributed by atoms with E-state index in [1.807, 2.05) is 0 Å². The van der Waals surface area contributed by atoms with E-state index in [1.165, 1.54) is 31.2 Å². The van der Waals surface area contributed by atoms with Crippen LogP contribution in [-0.2, 0) is 0 Å². The van der Waals surface area contributed by atoms with Crippen LogP contribution in [0.5, 0.6) is 0 Å². The van der Waals surface area contributed by atoms with Crippen LogP contribution in [0, 0.1) is 6.92 Å². The molecule has 0 saturated carbocycles. The minimum atomic E-state index is 0.188. The number of hydrogen-bond donors (Lipinski definition) is 2. The molecule has 0 spiro atoms. The molecule has 2 N–H and O–H groups in total. The summed E-state index contributed by atoms with van der Waals surface area (Å²) < 4.78 is 0. The van der Waals surface area contributed by atoms with Crippen LogP contribution in [0.2, 0.25) is 0 Å². The van der Waals surface area contributed by atoms with Crippen molar-refractivity contribution in [3.63, 3.8) is 0 Å². The molecule has 2 fully saturated rings. The first kappa shape index (κ1) is 20.9. The van der Waals surface area contributed by atoms with Crippen molar-refractivity contribution < 1.29 is 0 Å². The van der Waals surface area contributed by atoms with Crippen molar-refractivity contribution >= 4 is 0 Å². The molecule has 1 aromatic rings. The van der Waals surface area contributed by atoms with Gasteiger partial charge in [-0.25, -0.2) is 0 Å². The Morgan fingerprint density at radius 3 is 1.52 bits per heavy atom. The first-order valence-electron chi connectivity index (χ1n) is 10.9. The van der Waals surface area contributed by atoms with Gasteiger partial charge in [0.25, 0.3) is 0 Å². The lowest BCUT2D eigenvalue weighted by Crippen LogP contribution is -2.57. The number of rotatable bonds is 2. The van der Waals surface area contributed by atoms with Crippen LogP contribution >= 0.6 is 0 Å². The lowest BCUT2D eigenvalue weighted by molar-refractivity contribution is 0.159. The standard InChI is InChI=1S/C25H42N2/c1-17-10-11-18(19-13-22(2,3)26-23(4,5)14-19)12-21(17)20-15-24(6,7)27-25(8,9)16-20/h10-12,19-20,26-27H,13-16H2,1-9H3. The zero-order valence-electron chi connectivity index (χ0n) is 19.2. The third-order valence-corrected chi connectivity index (χ3v) is 6.59. The molecule has 0 aliphatic carbocycles. The average Bonchev–Trinajstić information content (AvgIpc) is 2.40. The number of aryl methyl sites for hydroxylation is 1. The number of benzene rings is 1. The van der Waals surface area contributed by atoms with Crippen molar-refractivity contribution in [2.75, 3.05) is 0 Å². The van der Waals surface area contributed by atoms with Gasteiger partial charge in [0.15, 0.2) is 0 Å². The van der Waals surface area contributed by atoms with Gasteiger partial charge < -0.3 is 10.6 Å². The summed E-state index contributed by atoms with van der Waals surface area (Å²) in [7, 11) is 0. The molecule has 152 valence electrons. The molecule has 2 aliphatic rings. The van der Waals surface area contributed by atoms with Crippen molar-refractivity contribution in [1.82, 2.24) is 10.6 Å². The maximum Gasteiger partial charge on any atom is 0.0135 e. The molecule has 0 bridgehead atoms. The molecule has 2 aliphatic heterocycles. The van der Waals surface area contributed by atoms with Crippen molar-refractivity contribution in [3.8, 4) is 0 Å². The van der Waals surface area contributed by atoms with Gasteiger partial charge in [-0.3, -0.25) is 0 Å². The molecule has 1 aromatic carbocycles. The zero-order chi connectivity index (χ0) is 20.3. The monoisotopic (exact) mass is 370 g/mol. The molecule has 2 saturated heterocycles. The van der Waals surface area contributed by atoms with Crippen molar-refractivity contribution in [1.29, 1.82) is 0 Å². The second kappa shape index (κ2) is 6.59. The Kier molecular flexibility index (Phi) is 5.09. The van der Waals surface area contributed by atoms with Gasteiger partial charge in [-0.2, -0.15) is 0 Å². The van der Waals surface area contributed by atoms with Gasteiger partial charge in [0.2, 0.25) is 0 Å². The molecule has 0 radical (unpaired) electrons. The number of piperidine rings is 2. The normalized spacial score (nSPS) is 27.4. The Morgan fingerprint density at radius 2 is 1.07 bits per heavy atom. The summed E-state index contributed by atoms with van der Waals surface area (Å²) in [6.07, 6.45) is 4.85. The van der Waals surface area contributed by atoms with Crippen LogP contribution in [0.3, 0.4) is 0 Å². The van der Waals surface area contributed by atoms with E-state index in [-0.39, 0.29) is 22.2 Å². The summed E-state index contributed by atoms with van der Waals surface area (Å²) >= 11 is 0. The summed E-state index contributed by atoms with van der Waals surface area (Å²) in [6.45, 7) is 21.2. The van der Waals surface area contributed by atoms with Crippen LogP contribution in [-0.4, -0.2) is 22.2 Å². The smallest absolute Gasteiger partial charge is 0.0135 e. The number of nitrogens with one attached hydrogen (secondary N) is 2. The van der Waals surface area contributed by atoms with Gasteiger partial charge in [-0.15, -0.1) is 0 Å². The van der Waals surface area contributed by atoms with E-state index in [4.69, 9.17) is 0 Å². The largest absolute Gasteiger partial charge is 0.307 e. The third-order valence-electron chi connectivity index (χ3n) is 6.59. The maximum atomic E-state index is 3.84. The van der Waals surface area contributed by atoms with E-state index in [2.05, 4.69) is 91.1 Å². The highest BCUT2D eigenvalue weighted by Gasteiger charge is 2.40. The summed E-state index contributed by atoms with van der Waals surface area (Å²) in [5.74, 6) is 1.28. The second-order valence-electron chi connectivity index (χ2n) is 12.1. The quantitative estimate of drug-likeness (QED) is 0.663. The Labute approximate surface area is 167 Å². The SMILES string of the molecule is Cc1ccc(C2CC(C)(C)NC(C)(C)C2)cc1C1CC(C)(C)NC(C)(C)C1. The molecule has 0 amide bonds. The fourth-order valence-corrected chi connectivity index (χ4v) is 6.45.